The van der Waals surface area contributed by atoms with E-state index in [1.54, 1.807) is 0 Å². The van der Waals surface area contributed by atoms with Crippen molar-refractivity contribution in [3.05, 3.63) is 74.4 Å². The Morgan fingerprint density at radius 1 is 1.24 bits per heavy atom. The highest BCUT2D eigenvalue weighted by molar-refractivity contribution is 7.12. The largest absolute Gasteiger partial charge is 0.416 e. The number of benzene rings is 1. The first-order valence-electron chi connectivity index (χ1n) is 10.7. The molecule has 0 saturated carbocycles. The molecule has 0 spiro atoms. The second kappa shape index (κ2) is 8.07. The van der Waals surface area contributed by atoms with Crippen molar-refractivity contribution in [3.63, 3.8) is 0 Å². The number of anilines is 1. The molecule has 0 bridgehead atoms. The number of alkyl halides is 3. The minimum Gasteiger partial charge on any atom is -0.384 e. The van der Waals surface area contributed by atoms with Crippen LogP contribution in [0.4, 0.5) is 18.9 Å². The van der Waals surface area contributed by atoms with Gasteiger partial charge in [-0.2, -0.15) is 18.4 Å². The van der Waals surface area contributed by atoms with Gasteiger partial charge in [0, 0.05) is 33.1 Å². The molecular formula is C25H24F3N3OS. The summed E-state index contributed by atoms with van der Waals surface area (Å²) >= 11 is 1.53. The highest BCUT2D eigenvalue weighted by Crippen LogP contribution is 2.51. The number of halogens is 3. The molecule has 1 aromatic heterocycles. The van der Waals surface area contributed by atoms with Crippen LogP contribution in [0.15, 0.2) is 59.1 Å². The standard InChI is InChI=1S/C25H24F3N3OS/c1-4-16-8-9-20(33-16)21-17(13-29)23(30)31(15-7-5-6-14(10-15)25(26,27)28)18-11-24(2,3)12-19(32)22(18)21/h5-10,21H,4,11-12,30H2,1-3H3/t21-/m1/s1. The number of Topliss-reactive ketones (excluding diaryl/α,β-unsaturated/α-hetero) is 1. The number of rotatable bonds is 3. The third kappa shape index (κ3) is 4.06. The van der Waals surface area contributed by atoms with Crippen LogP contribution in [0.25, 0.3) is 0 Å². The van der Waals surface area contributed by atoms with Gasteiger partial charge in [-0.3, -0.25) is 9.69 Å². The Bertz CT molecular complexity index is 1230. The van der Waals surface area contributed by atoms with Crippen LogP contribution in [0.1, 0.15) is 54.8 Å². The number of allylic oxidation sites excluding steroid dienone is 3. The van der Waals surface area contributed by atoms with Gasteiger partial charge in [-0.05, 0) is 48.6 Å². The van der Waals surface area contributed by atoms with Crippen LogP contribution >= 0.6 is 11.3 Å². The summed E-state index contributed by atoms with van der Waals surface area (Å²) in [7, 11) is 0. The Morgan fingerprint density at radius 3 is 2.58 bits per heavy atom. The van der Waals surface area contributed by atoms with Crippen LogP contribution in [0.2, 0.25) is 0 Å². The Balaban J connectivity index is 1.98. The van der Waals surface area contributed by atoms with Crippen molar-refractivity contribution in [2.45, 2.75) is 52.1 Å². The van der Waals surface area contributed by atoms with Gasteiger partial charge in [0.05, 0.1) is 23.1 Å². The van der Waals surface area contributed by atoms with Gasteiger partial charge in [-0.1, -0.05) is 26.8 Å². The number of carbonyl (C=O) groups excluding carboxylic acids is 1. The SMILES string of the molecule is CCc1ccc([C@H]2C(C#N)=C(N)N(c3cccc(C(F)(F)F)c3)C3=C2C(=O)CC(C)(C)C3)s1. The van der Waals surface area contributed by atoms with E-state index < -0.39 is 23.1 Å². The fourth-order valence-corrected chi connectivity index (χ4v) is 5.72. The zero-order valence-electron chi connectivity index (χ0n) is 18.6. The molecule has 0 amide bonds. The minimum atomic E-state index is -4.53. The van der Waals surface area contributed by atoms with Gasteiger partial charge in [-0.15, -0.1) is 11.3 Å². The van der Waals surface area contributed by atoms with Gasteiger partial charge in [0.1, 0.15) is 5.82 Å². The molecule has 33 heavy (non-hydrogen) atoms. The molecule has 4 rings (SSSR count). The van der Waals surface area contributed by atoms with Crippen molar-refractivity contribution in [1.29, 1.82) is 5.26 Å². The Hall–Kier alpha value is -3.05. The van der Waals surface area contributed by atoms with Gasteiger partial charge >= 0.3 is 6.18 Å². The third-order valence-electron chi connectivity index (χ3n) is 6.13. The number of carbonyl (C=O) groups is 1. The van der Waals surface area contributed by atoms with Crippen LogP contribution in [0, 0.1) is 16.7 Å². The maximum absolute atomic E-state index is 13.4. The van der Waals surface area contributed by atoms with Gasteiger partial charge < -0.3 is 5.73 Å². The summed E-state index contributed by atoms with van der Waals surface area (Å²) in [6, 6.07) is 10.9. The Labute approximate surface area is 194 Å². The first-order chi connectivity index (χ1) is 15.5. The summed E-state index contributed by atoms with van der Waals surface area (Å²) in [6.07, 6.45) is -2.96. The van der Waals surface area contributed by atoms with Crippen molar-refractivity contribution < 1.29 is 18.0 Å². The molecule has 1 aliphatic carbocycles. The molecule has 0 unspecified atom stereocenters. The molecule has 0 fully saturated rings. The maximum atomic E-state index is 13.4. The van der Waals surface area contributed by atoms with Crippen molar-refractivity contribution in [2.24, 2.45) is 11.1 Å². The number of ketones is 1. The fraction of sp³-hybridized carbons (Fsp3) is 0.360. The van der Waals surface area contributed by atoms with Crippen molar-refractivity contribution in [1.82, 2.24) is 0 Å². The van der Waals surface area contributed by atoms with Gasteiger partial charge in [-0.25, -0.2) is 0 Å². The van der Waals surface area contributed by atoms with E-state index >= 15 is 0 Å². The second-order valence-electron chi connectivity index (χ2n) is 9.19. The van der Waals surface area contributed by atoms with E-state index in [1.165, 1.54) is 28.4 Å². The molecule has 172 valence electrons. The van der Waals surface area contributed by atoms with Crippen LogP contribution in [0.3, 0.4) is 0 Å². The quantitative estimate of drug-likeness (QED) is 0.573. The number of nitriles is 1. The minimum absolute atomic E-state index is 0.0672. The number of hydrogen-bond donors (Lipinski definition) is 1. The first-order valence-corrected chi connectivity index (χ1v) is 11.5. The average Bonchev–Trinajstić information content (AvgIpc) is 3.20. The topological polar surface area (TPSA) is 70.1 Å². The molecule has 1 aliphatic heterocycles. The smallest absolute Gasteiger partial charge is 0.384 e. The van der Waals surface area contributed by atoms with E-state index in [4.69, 9.17) is 5.73 Å². The van der Waals surface area contributed by atoms with E-state index in [1.807, 2.05) is 32.9 Å². The van der Waals surface area contributed by atoms with Gasteiger partial charge in [0.25, 0.3) is 0 Å². The zero-order valence-corrected chi connectivity index (χ0v) is 19.4. The predicted molar refractivity (Wildman–Crippen MR) is 122 cm³/mol. The molecule has 2 aromatic rings. The number of nitrogens with zero attached hydrogens (tertiary/aromatic N) is 2. The van der Waals surface area contributed by atoms with Crippen LogP contribution < -0.4 is 10.6 Å². The number of aryl methyl sites for hydroxylation is 1. The normalized spacial score (nSPS) is 20.7. The number of thiophene rings is 1. The first kappa shape index (κ1) is 23.1. The molecule has 0 radical (unpaired) electrons. The Kier molecular flexibility index (Phi) is 5.65. The van der Waals surface area contributed by atoms with Gasteiger partial charge in [0.2, 0.25) is 0 Å². The van der Waals surface area contributed by atoms with Crippen LogP contribution in [0.5, 0.6) is 0 Å². The number of hydrogen-bond acceptors (Lipinski definition) is 5. The summed E-state index contributed by atoms with van der Waals surface area (Å²) in [4.78, 5) is 16.9. The van der Waals surface area contributed by atoms with Crippen molar-refractivity contribution >= 4 is 22.8 Å². The molecule has 8 heteroatoms. The highest BCUT2D eigenvalue weighted by Gasteiger charge is 2.45. The molecule has 1 atom stereocenters. The summed E-state index contributed by atoms with van der Waals surface area (Å²) in [5.41, 5.74) is 6.69. The summed E-state index contributed by atoms with van der Waals surface area (Å²) in [5, 5.41) is 10.1. The van der Waals surface area contributed by atoms with E-state index in [-0.39, 0.29) is 22.9 Å². The lowest BCUT2D eigenvalue weighted by Gasteiger charge is -2.43. The monoisotopic (exact) mass is 471 g/mol. The average molecular weight is 472 g/mol. The fourth-order valence-electron chi connectivity index (χ4n) is 4.65. The molecule has 2 aliphatic rings. The maximum Gasteiger partial charge on any atom is 0.416 e. The second-order valence-corrected chi connectivity index (χ2v) is 10.4. The molecule has 2 N–H and O–H groups in total. The predicted octanol–water partition coefficient (Wildman–Crippen LogP) is 6.27. The van der Waals surface area contributed by atoms with Crippen molar-refractivity contribution in [3.8, 4) is 6.07 Å². The van der Waals surface area contributed by atoms with Gasteiger partial charge in [0.15, 0.2) is 5.78 Å². The van der Waals surface area contributed by atoms with E-state index in [9.17, 15) is 23.2 Å². The number of nitrogens with two attached hydrogens (primary N) is 1. The Morgan fingerprint density at radius 2 is 1.97 bits per heavy atom. The van der Waals surface area contributed by atoms with Crippen LogP contribution in [-0.4, -0.2) is 5.78 Å². The third-order valence-corrected chi connectivity index (χ3v) is 7.42. The summed E-state index contributed by atoms with van der Waals surface area (Å²) < 4.78 is 40.3. The van der Waals surface area contributed by atoms with Crippen LogP contribution in [-0.2, 0) is 17.4 Å². The van der Waals surface area contributed by atoms with Crippen molar-refractivity contribution in [2.75, 3.05) is 4.90 Å². The zero-order chi connectivity index (χ0) is 24.1. The van der Waals surface area contributed by atoms with E-state index in [2.05, 4.69) is 6.07 Å². The van der Waals surface area contributed by atoms with E-state index in [0.29, 0.717) is 24.1 Å². The molecule has 0 saturated heterocycles. The van der Waals surface area contributed by atoms with E-state index in [0.717, 1.165) is 28.3 Å². The molecule has 2 heterocycles. The molecule has 1 aromatic carbocycles. The summed E-state index contributed by atoms with van der Waals surface area (Å²) in [5.74, 6) is -0.645. The molecular weight excluding hydrogens is 447 g/mol. The lowest BCUT2D eigenvalue weighted by Crippen LogP contribution is -2.42. The lowest BCUT2D eigenvalue weighted by atomic mass is 9.69. The summed E-state index contributed by atoms with van der Waals surface area (Å²) in [6.45, 7) is 5.93. The lowest BCUT2D eigenvalue weighted by molar-refractivity contribution is -0.137. The highest BCUT2D eigenvalue weighted by atomic mass is 32.1. The molecule has 4 nitrogen and oxygen atoms in total.